The third-order valence-corrected chi connectivity index (χ3v) is 3.58. The average Bonchev–Trinajstić information content (AvgIpc) is 3.03. The van der Waals surface area contributed by atoms with Crippen LogP contribution in [0.25, 0.3) is 0 Å². The van der Waals surface area contributed by atoms with Crippen molar-refractivity contribution in [3.63, 3.8) is 0 Å². The van der Waals surface area contributed by atoms with Crippen LogP contribution in [-0.2, 0) is 4.74 Å². The monoisotopic (exact) mass is 295 g/mol. The normalized spacial score (nSPS) is 16.0. The minimum atomic E-state index is -0.468. The van der Waals surface area contributed by atoms with E-state index >= 15 is 0 Å². The minimum Gasteiger partial charge on any atom is -0.464 e. The van der Waals surface area contributed by atoms with Crippen LogP contribution in [0.1, 0.15) is 23.3 Å². The first-order chi connectivity index (χ1) is 10.8. The van der Waals surface area contributed by atoms with Crippen LogP contribution in [0.4, 0.5) is 11.4 Å². The number of amidine groups is 1. The lowest BCUT2D eigenvalue weighted by molar-refractivity contribution is 0.0595. The maximum absolute atomic E-state index is 11.8. The molecule has 2 heterocycles. The number of hydrogen-bond donors (Lipinski definition) is 0. The fourth-order valence-electron chi connectivity index (χ4n) is 2.54. The van der Waals surface area contributed by atoms with Crippen molar-refractivity contribution in [2.45, 2.75) is 12.8 Å². The highest BCUT2D eigenvalue weighted by atomic mass is 16.5. The van der Waals surface area contributed by atoms with Gasteiger partial charge in [0.1, 0.15) is 5.84 Å². The summed E-state index contributed by atoms with van der Waals surface area (Å²) < 4.78 is 4.77. The highest BCUT2D eigenvalue weighted by Crippen LogP contribution is 2.25. The van der Waals surface area contributed by atoms with Crippen LogP contribution in [0.3, 0.4) is 0 Å². The molecular formula is C17H17N3O2. The van der Waals surface area contributed by atoms with Gasteiger partial charge in [0.15, 0.2) is 5.69 Å². The van der Waals surface area contributed by atoms with Gasteiger partial charge < -0.3 is 9.64 Å². The van der Waals surface area contributed by atoms with Crippen LogP contribution >= 0.6 is 0 Å². The number of carbonyl (C=O) groups is 1. The summed E-state index contributed by atoms with van der Waals surface area (Å²) in [5.41, 5.74) is 1.91. The second-order valence-electron chi connectivity index (χ2n) is 4.98. The summed E-state index contributed by atoms with van der Waals surface area (Å²) in [5.74, 6) is 0.480. The van der Waals surface area contributed by atoms with Crippen molar-refractivity contribution < 1.29 is 9.53 Å². The molecule has 5 nitrogen and oxygen atoms in total. The van der Waals surface area contributed by atoms with E-state index in [4.69, 9.17) is 4.74 Å². The number of ether oxygens (including phenoxy) is 1. The van der Waals surface area contributed by atoms with Gasteiger partial charge in [-0.25, -0.2) is 14.8 Å². The Morgan fingerprint density at radius 2 is 2.05 bits per heavy atom. The molecule has 2 aromatic rings. The molecule has 0 saturated carbocycles. The zero-order valence-corrected chi connectivity index (χ0v) is 12.4. The van der Waals surface area contributed by atoms with Crippen LogP contribution in [0, 0.1) is 0 Å². The Hall–Kier alpha value is -2.69. The Morgan fingerprint density at radius 3 is 2.82 bits per heavy atom. The lowest BCUT2D eigenvalue weighted by atomic mass is 10.3. The van der Waals surface area contributed by atoms with Gasteiger partial charge in [-0.1, -0.05) is 18.2 Å². The third kappa shape index (κ3) is 2.83. The first-order valence-electron chi connectivity index (χ1n) is 7.23. The van der Waals surface area contributed by atoms with Gasteiger partial charge >= 0.3 is 5.97 Å². The van der Waals surface area contributed by atoms with Gasteiger partial charge in [-0.05, 0) is 30.7 Å². The third-order valence-electron chi connectivity index (χ3n) is 3.58. The second kappa shape index (κ2) is 6.39. The van der Waals surface area contributed by atoms with E-state index in [1.807, 2.05) is 18.2 Å². The number of aromatic nitrogens is 1. The predicted molar refractivity (Wildman–Crippen MR) is 85.7 cm³/mol. The molecule has 3 rings (SSSR count). The first kappa shape index (κ1) is 14.3. The van der Waals surface area contributed by atoms with Crippen molar-refractivity contribution in [2.24, 2.45) is 4.99 Å². The van der Waals surface area contributed by atoms with E-state index < -0.39 is 5.97 Å². The molecule has 0 bridgehead atoms. The van der Waals surface area contributed by atoms with Gasteiger partial charge in [0.2, 0.25) is 0 Å². The van der Waals surface area contributed by atoms with Crippen molar-refractivity contribution in [3.05, 3.63) is 54.4 Å². The van der Waals surface area contributed by atoms with Gasteiger partial charge in [-0.15, -0.1) is 0 Å². The molecule has 112 valence electrons. The quantitative estimate of drug-likeness (QED) is 0.816. The number of anilines is 1. The molecule has 1 aliphatic heterocycles. The molecule has 0 spiro atoms. The number of esters is 1. The Kier molecular flexibility index (Phi) is 4.14. The minimum absolute atomic E-state index is 0.248. The van der Waals surface area contributed by atoms with Crippen molar-refractivity contribution >= 4 is 23.2 Å². The second-order valence-corrected chi connectivity index (χ2v) is 4.98. The lowest BCUT2D eigenvalue weighted by Gasteiger charge is -2.19. The molecule has 0 unspecified atom stereocenters. The van der Waals surface area contributed by atoms with Crippen LogP contribution in [0.5, 0.6) is 0 Å². The van der Waals surface area contributed by atoms with Crippen molar-refractivity contribution in [1.29, 1.82) is 0 Å². The van der Waals surface area contributed by atoms with Crippen LogP contribution in [-0.4, -0.2) is 30.4 Å². The van der Waals surface area contributed by atoms with Gasteiger partial charge in [0, 0.05) is 24.8 Å². The smallest absolute Gasteiger partial charge is 0.358 e. The zero-order valence-electron chi connectivity index (χ0n) is 12.4. The van der Waals surface area contributed by atoms with E-state index in [1.54, 1.807) is 18.3 Å². The van der Waals surface area contributed by atoms with E-state index in [0.29, 0.717) is 5.69 Å². The average molecular weight is 295 g/mol. The highest BCUT2D eigenvalue weighted by Gasteiger charge is 2.21. The maximum Gasteiger partial charge on any atom is 0.358 e. The molecule has 0 aliphatic carbocycles. The van der Waals surface area contributed by atoms with Crippen molar-refractivity contribution in [2.75, 3.05) is 18.6 Å². The Labute approximate surface area is 129 Å². The standard InChI is InChI=1S/C17H17N3O2/c1-22-17(21)16-14(9-5-11-18-16)19-15-10-6-12-20(15)13-7-3-2-4-8-13/h2-5,7-9,11H,6,10,12H2,1H3/b19-15+. The molecule has 1 fully saturated rings. The molecule has 1 aromatic carbocycles. The number of methoxy groups -OCH3 is 1. The topological polar surface area (TPSA) is 54.8 Å². The summed E-state index contributed by atoms with van der Waals surface area (Å²) >= 11 is 0. The Balaban J connectivity index is 1.96. The van der Waals surface area contributed by atoms with E-state index in [0.717, 1.165) is 30.9 Å². The molecule has 1 saturated heterocycles. The summed E-state index contributed by atoms with van der Waals surface area (Å²) in [6.07, 6.45) is 3.49. The number of hydrogen-bond acceptors (Lipinski definition) is 4. The van der Waals surface area contributed by atoms with Crippen LogP contribution in [0.15, 0.2) is 53.7 Å². The summed E-state index contributed by atoms with van der Waals surface area (Å²) in [6.45, 7) is 0.927. The molecule has 0 amide bonds. The van der Waals surface area contributed by atoms with Gasteiger partial charge in [0.25, 0.3) is 0 Å². The molecule has 22 heavy (non-hydrogen) atoms. The number of carbonyl (C=O) groups excluding carboxylic acids is 1. The Bertz CT molecular complexity index is 698. The number of rotatable bonds is 3. The fraction of sp³-hybridized carbons (Fsp3) is 0.235. The summed E-state index contributed by atoms with van der Waals surface area (Å²) in [4.78, 5) is 22.7. The largest absolute Gasteiger partial charge is 0.464 e. The number of benzene rings is 1. The van der Waals surface area contributed by atoms with Crippen LogP contribution < -0.4 is 4.90 Å². The fourth-order valence-corrected chi connectivity index (χ4v) is 2.54. The van der Waals surface area contributed by atoms with E-state index in [2.05, 4.69) is 27.0 Å². The van der Waals surface area contributed by atoms with E-state index in [9.17, 15) is 4.79 Å². The molecule has 0 atom stereocenters. The van der Waals surface area contributed by atoms with E-state index in [-0.39, 0.29) is 5.69 Å². The molecule has 0 N–H and O–H groups in total. The van der Waals surface area contributed by atoms with Gasteiger partial charge in [0.05, 0.1) is 12.8 Å². The van der Waals surface area contributed by atoms with Crippen molar-refractivity contribution in [3.8, 4) is 0 Å². The molecule has 5 heteroatoms. The number of aliphatic imine (C=N–C) groups is 1. The van der Waals surface area contributed by atoms with Gasteiger partial charge in [-0.3, -0.25) is 0 Å². The summed E-state index contributed by atoms with van der Waals surface area (Å²) in [5, 5.41) is 0. The number of nitrogens with zero attached hydrogens (tertiary/aromatic N) is 3. The van der Waals surface area contributed by atoms with Gasteiger partial charge in [-0.2, -0.15) is 0 Å². The van der Waals surface area contributed by atoms with Crippen LogP contribution in [0.2, 0.25) is 0 Å². The van der Waals surface area contributed by atoms with E-state index in [1.165, 1.54) is 7.11 Å². The summed E-state index contributed by atoms with van der Waals surface area (Å²) in [7, 11) is 1.35. The molecule has 1 aromatic heterocycles. The SMILES string of the molecule is COC(=O)c1ncccc1/N=C1\CCCN1c1ccccc1. The number of para-hydroxylation sites is 1. The van der Waals surface area contributed by atoms with Crippen molar-refractivity contribution in [1.82, 2.24) is 4.98 Å². The molecular weight excluding hydrogens is 278 g/mol. The lowest BCUT2D eigenvalue weighted by Crippen LogP contribution is -2.24. The maximum atomic E-state index is 11.8. The Morgan fingerprint density at radius 1 is 1.23 bits per heavy atom. The molecule has 0 radical (unpaired) electrons. The summed E-state index contributed by atoms with van der Waals surface area (Å²) in [6, 6.07) is 13.7. The zero-order chi connectivity index (χ0) is 15.4. The highest BCUT2D eigenvalue weighted by molar-refractivity contribution is 6.02. The number of pyridine rings is 1. The first-order valence-corrected chi connectivity index (χ1v) is 7.23. The predicted octanol–water partition coefficient (Wildman–Crippen LogP) is 3.20. The molecule has 1 aliphatic rings.